The van der Waals surface area contributed by atoms with Gasteiger partial charge in [-0.2, -0.15) is 0 Å². The number of amides is 1. The van der Waals surface area contributed by atoms with Crippen molar-refractivity contribution in [2.45, 2.75) is 44.9 Å². The van der Waals surface area contributed by atoms with Gasteiger partial charge in [-0.05, 0) is 61.1 Å². The first-order chi connectivity index (χ1) is 12.1. The van der Waals surface area contributed by atoms with Gasteiger partial charge in [0.2, 0.25) is 0 Å². The van der Waals surface area contributed by atoms with E-state index in [-0.39, 0.29) is 12.5 Å². The van der Waals surface area contributed by atoms with Crippen LogP contribution >= 0.6 is 11.6 Å². The highest BCUT2D eigenvalue weighted by Gasteiger charge is 2.15. The van der Waals surface area contributed by atoms with Gasteiger partial charge < -0.3 is 10.1 Å². The fourth-order valence-corrected chi connectivity index (χ4v) is 3.47. The number of anilines is 1. The summed E-state index contributed by atoms with van der Waals surface area (Å²) < 4.78 is 5.59. The maximum Gasteiger partial charge on any atom is 0.262 e. The molecule has 1 saturated carbocycles. The summed E-state index contributed by atoms with van der Waals surface area (Å²) in [6.07, 6.45) is 6.57. The van der Waals surface area contributed by atoms with E-state index in [1.807, 2.05) is 31.2 Å². The molecule has 25 heavy (non-hydrogen) atoms. The van der Waals surface area contributed by atoms with Crippen LogP contribution in [0.3, 0.4) is 0 Å². The van der Waals surface area contributed by atoms with Crippen LogP contribution in [0, 0.1) is 6.92 Å². The number of rotatable bonds is 5. The fourth-order valence-electron chi connectivity index (χ4n) is 3.29. The van der Waals surface area contributed by atoms with E-state index in [0.717, 1.165) is 11.3 Å². The topological polar surface area (TPSA) is 38.3 Å². The Balaban J connectivity index is 1.50. The highest BCUT2D eigenvalue weighted by atomic mass is 35.5. The molecule has 3 rings (SSSR count). The number of ether oxygens (including phenoxy) is 1. The lowest BCUT2D eigenvalue weighted by Crippen LogP contribution is -2.20. The molecule has 1 amide bonds. The molecule has 1 fully saturated rings. The smallest absolute Gasteiger partial charge is 0.262 e. The van der Waals surface area contributed by atoms with Crippen LogP contribution in [0.15, 0.2) is 42.5 Å². The van der Waals surface area contributed by atoms with E-state index >= 15 is 0 Å². The van der Waals surface area contributed by atoms with Gasteiger partial charge in [0.25, 0.3) is 5.91 Å². The van der Waals surface area contributed by atoms with Crippen molar-refractivity contribution < 1.29 is 9.53 Å². The average Bonchev–Trinajstić information content (AvgIpc) is 2.64. The molecule has 0 radical (unpaired) electrons. The summed E-state index contributed by atoms with van der Waals surface area (Å²) in [5.74, 6) is 1.20. The Morgan fingerprint density at radius 3 is 2.52 bits per heavy atom. The van der Waals surface area contributed by atoms with Crippen molar-refractivity contribution in [2.24, 2.45) is 0 Å². The van der Waals surface area contributed by atoms with Gasteiger partial charge in [0, 0.05) is 10.7 Å². The van der Waals surface area contributed by atoms with Crippen molar-refractivity contribution in [3.05, 3.63) is 58.6 Å². The van der Waals surface area contributed by atoms with E-state index in [9.17, 15) is 4.79 Å². The van der Waals surface area contributed by atoms with Crippen LogP contribution in [-0.4, -0.2) is 12.5 Å². The molecular formula is C21H24ClNO2. The Bertz CT molecular complexity index is 721. The van der Waals surface area contributed by atoms with Crippen LogP contribution in [0.4, 0.5) is 5.69 Å². The van der Waals surface area contributed by atoms with Gasteiger partial charge in [-0.3, -0.25) is 4.79 Å². The summed E-state index contributed by atoms with van der Waals surface area (Å²) in [4.78, 5) is 12.0. The second-order valence-corrected chi connectivity index (χ2v) is 7.11. The molecule has 0 aliphatic heterocycles. The minimum Gasteiger partial charge on any atom is -0.484 e. The quantitative estimate of drug-likeness (QED) is 0.743. The second-order valence-electron chi connectivity index (χ2n) is 6.70. The largest absolute Gasteiger partial charge is 0.484 e. The Morgan fingerprint density at radius 2 is 1.84 bits per heavy atom. The standard InChI is InChI=1S/C21H24ClNO2/c1-15-7-10-18(13-20(15)22)23-21(24)14-25-19-11-8-17(9-12-19)16-5-3-2-4-6-16/h7-13,16H,2-6,14H2,1H3,(H,23,24). The predicted molar refractivity (Wildman–Crippen MR) is 103 cm³/mol. The average molecular weight is 358 g/mol. The SMILES string of the molecule is Cc1ccc(NC(=O)COc2ccc(C3CCCCC3)cc2)cc1Cl. The Kier molecular flexibility index (Phi) is 5.98. The highest BCUT2D eigenvalue weighted by Crippen LogP contribution is 2.33. The Hall–Kier alpha value is -2.00. The van der Waals surface area contributed by atoms with Gasteiger partial charge in [0.1, 0.15) is 5.75 Å². The van der Waals surface area contributed by atoms with Crippen molar-refractivity contribution >= 4 is 23.2 Å². The van der Waals surface area contributed by atoms with Gasteiger partial charge in [-0.25, -0.2) is 0 Å². The van der Waals surface area contributed by atoms with Crippen LogP contribution in [0.25, 0.3) is 0 Å². The molecule has 1 aliphatic carbocycles. The summed E-state index contributed by atoms with van der Waals surface area (Å²) in [5, 5.41) is 3.43. The van der Waals surface area contributed by atoms with Crippen molar-refractivity contribution in [1.82, 2.24) is 0 Å². The second kappa shape index (κ2) is 8.39. The number of hydrogen-bond acceptors (Lipinski definition) is 2. The van der Waals surface area contributed by atoms with Gasteiger partial charge in [-0.1, -0.05) is 49.1 Å². The molecule has 0 spiro atoms. The molecule has 2 aromatic carbocycles. The van der Waals surface area contributed by atoms with E-state index in [1.165, 1.54) is 37.7 Å². The van der Waals surface area contributed by atoms with Crippen LogP contribution in [-0.2, 0) is 4.79 Å². The number of nitrogens with one attached hydrogen (secondary N) is 1. The lowest BCUT2D eigenvalue weighted by Gasteiger charge is -2.22. The molecule has 1 aliphatic rings. The van der Waals surface area contributed by atoms with Gasteiger partial charge in [-0.15, -0.1) is 0 Å². The maximum absolute atomic E-state index is 12.0. The molecule has 0 saturated heterocycles. The molecule has 1 N–H and O–H groups in total. The van der Waals surface area contributed by atoms with E-state index in [2.05, 4.69) is 17.4 Å². The first-order valence-corrected chi connectivity index (χ1v) is 9.28. The summed E-state index contributed by atoms with van der Waals surface area (Å²) in [5.41, 5.74) is 3.04. The normalized spacial score (nSPS) is 15.0. The molecule has 2 aromatic rings. The first-order valence-electron chi connectivity index (χ1n) is 8.90. The fraction of sp³-hybridized carbons (Fsp3) is 0.381. The molecule has 0 aromatic heterocycles. The molecule has 3 nitrogen and oxygen atoms in total. The summed E-state index contributed by atoms with van der Waals surface area (Å²) in [6, 6.07) is 13.6. The number of benzene rings is 2. The van der Waals surface area contributed by atoms with Crippen LogP contribution < -0.4 is 10.1 Å². The van der Waals surface area contributed by atoms with Crippen LogP contribution in [0.5, 0.6) is 5.75 Å². The first kappa shape index (κ1) is 17.8. The van der Waals surface area contributed by atoms with E-state index in [4.69, 9.17) is 16.3 Å². The molecule has 0 unspecified atom stereocenters. The molecule has 4 heteroatoms. The lowest BCUT2D eigenvalue weighted by atomic mass is 9.84. The predicted octanol–water partition coefficient (Wildman–Crippen LogP) is 5.71. The van der Waals surface area contributed by atoms with Crippen LogP contribution in [0.2, 0.25) is 5.02 Å². The molecule has 0 bridgehead atoms. The Morgan fingerprint density at radius 1 is 1.12 bits per heavy atom. The number of aryl methyl sites for hydroxylation is 1. The lowest BCUT2D eigenvalue weighted by molar-refractivity contribution is -0.118. The Labute approximate surface area is 154 Å². The number of halogens is 1. The maximum atomic E-state index is 12.0. The molecule has 0 atom stereocenters. The highest BCUT2D eigenvalue weighted by molar-refractivity contribution is 6.31. The third-order valence-electron chi connectivity index (χ3n) is 4.78. The van der Waals surface area contributed by atoms with E-state index in [1.54, 1.807) is 6.07 Å². The van der Waals surface area contributed by atoms with Gasteiger partial charge in [0.15, 0.2) is 6.61 Å². The van der Waals surface area contributed by atoms with Crippen molar-refractivity contribution in [3.63, 3.8) is 0 Å². The third-order valence-corrected chi connectivity index (χ3v) is 5.19. The monoisotopic (exact) mass is 357 g/mol. The zero-order chi connectivity index (χ0) is 17.6. The van der Waals surface area contributed by atoms with Crippen molar-refractivity contribution in [1.29, 1.82) is 0 Å². The molecular weight excluding hydrogens is 334 g/mol. The summed E-state index contributed by atoms with van der Waals surface area (Å²) >= 11 is 6.07. The minimum atomic E-state index is -0.198. The van der Waals surface area contributed by atoms with E-state index in [0.29, 0.717) is 16.6 Å². The van der Waals surface area contributed by atoms with Crippen molar-refractivity contribution in [3.8, 4) is 5.75 Å². The van der Waals surface area contributed by atoms with E-state index < -0.39 is 0 Å². The number of hydrogen-bond donors (Lipinski definition) is 1. The van der Waals surface area contributed by atoms with Crippen molar-refractivity contribution in [2.75, 3.05) is 11.9 Å². The number of carbonyl (C=O) groups is 1. The van der Waals surface area contributed by atoms with Gasteiger partial charge >= 0.3 is 0 Å². The third kappa shape index (κ3) is 4.99. The number of carbonyl (C=O) groups excluding carboxylic acids is 1. The summed E-state index contributed by atoms with van der Waals surface area (Å²) in [7, 11) is 0. The minimum absolute atomic E-state index is 0.0196. The zero-order valence-electron chi connectivity index (χ0n) is 14.6. The van der Waals surface area contributed by atoms with Gasteiger partial charge in [0.05, 0.1) is 0 Å². The molecule has 132 valence electrons. The molecule has 0 heterocycles. The zero-order valence-corrected chi connectivity index (χ0v) is 15.3. The van der Waals surface area contributed by atoms with Crippen LogP contribution in [0.1, 0.15) is 49.1 Å². The summed E-state index contributed by atoms with van der Waals surface area (Å²) in [6.45, 7) is 1.91.